The first-order chi connectivity index (χ1) is 21.3. The smallest absolute Gasteiger partial charge is 0.319 e. The molecule has 3 aromatic carbocycles. The summed E-state index contributed by atoms with van der Waals surface area (Å²) in [5, 5.41) is 11.9. The van der Waals surface area contributed by atoms with Crippen molar-refractivity contribution in [3.63, 3.8) is 0 Å². The van der Waals surface area contributed by atoms with Gasteiger partial charge >= 0.3 is 6.01 Å². The van der Waals surface area contributed by atoms with Gasteiger partial charge in [0.1, 0.15) is 35.7 Å². The number of benzene rings is 3. The minimum atomic E-state index is -0.900. The molecule has 4 aliphatic heterocycles. The lowest BCUT2D eigenvalue weighted by Crippen LogP contribution is -2.44. The van der Waals surface area contributed by atoms with E-state index in [0.717, 1.165) is 43.7 Å². The number of halogens is 3. The highest BCUT2D eigenvalue weighted by Crippen LogP contribution is 2.44. The van der Waals surface area contributed by atoms with Crippen LogP contribution < -0.4 is 9.64 Å². The van der Waals surface area contributed by atoms with Crippen molar-refractivity contribution in [2.24, 2.45) is 0 Å². The zero-order valence-corrected chi connectivity index (χ0v) is 24.8. The Morgan fingerprint density at radius 2 is 1.91 bits per heavy atom. The number of aromatic hydroxyl groups is 1. The number of hydrogen-bond donors (Lipinski definition) is 1. The maximum Gasteiger partial charge on any atom is 0.319 e. The first kappa shape index (κ1) is 27.8. The minimum absolute atomic E-state index is 0.00473. The highest BCUT2D eigenvalue weighted by Gasteiger charge is 2.49. The van der Waals surface area contributed by atoms with Crippen molar-refractivity contribution >= 4 is 39.3 Å². The van der Waals surface area contributed by atoms with Gasteiger partial charge in [-0.1, -0.05) is 18.1 Å². The van der Waals surface area contributed by atoms with Crippen LogP contribution in [-0.2, 0) is 0 Å². The average Bonchev–Trinajstić information content (AvgIpc) is 3.62. The van der Waals surface area contributed by atoms with E-state index in [1.54, 1.807) is 12.1 Å². The first-order valence-corrected chi connectivity index (χ1v) is 16.3. The molecule has 0 radical (unpaired) electrons. The quantitative estimate of drug-likeness (QED) is 0.259. The molecule has 8 rings (SSSR count). The Morgan fingerprint density at radius 3 is 2.70 bits per heavy atom. The molecule has 4 aliphatic rings. The van der Waals surface area contributed by atoms with Crippen molar-refractivity contribution in [2.45, 2.75) is 55.9 Å². The summed E-state index contributed by atoms with van der Waals surface area (Å²) in [4.78, 5) is 14.0. The number of hydrogen-bond acceptors (Lipinski definition) is 7. The molecule has 4 saturated heterocycles. The van der Waals surface area contributed by atoms with Crippen molar-refractivity contribution in [1.82, 2.24) is 14.9 Å². The van der Waals surface area contributed by atoms with Crippen LogP contribution in [0.3, 0.4) is 0 Å². The third-order valence-electron chi connectivity index (χ3n) is 9.97. The van der Waals surface area contributed by atoms with Crippen molar-refractivity contribution in [2.75, 3.05) is 36.1 Å². The number of nitrogens with zero attached hydrogens (tertiary/aromatic N) is 4. The molecule has 4 aromatic rings. The predicted molar refractivity (Wildman–Crippen MR) is 167 cm³/mol. The number of anilines is 1. The molecule has 1 N–H and O–H groups in total. The van der Waals surface area contributed by atoms with E-state index in [2.05, 4.69) is 20.7 Å². The fourth-order valence-electron chi connectivity index (χ4n) is 8.00. The van der Waals surface area contributed by atoms with Gasteiger partial charge in [-0.3, -0.25) is 4.90 Å². The van der Waals surface area contributed by atoms with E-state index in [-0.39, 0.29) is 52.7 Å². The number of ether oxygens (including phenoxy) is 1. The summed E-state index contributed by atoms with van der Waals surface area (Å²) < 4.78 is 52.4. The van der Waals surface area contributed by atoms with E-state index < -0.39 is 23.3 Å². The van der Waals surface area contributed by atoms with Crippen LogP contribution in [0.15, 0.2) is 36.4 Å². The van der Waals surface area contributed by atoms with Crippen molar-refractivity contribution < 1.29 is 23.0 Å². The van der Waals surface area contributed by atoms with Crippen LogP contribution in [0.2, 0.25) is 0 Å². The Hall–Kier alpha value is -3.68. The standard InChI is InChI=1S/C34H31F3N4O2S/c1-2-24-28(36)9-4-19-12-23(42)13-27(29(19)24)25-7-8-26-31(30(25)37)38-33(39-32(26)41-21-5-6-22(41)17-44-16-21)43-18-34-10-3-11-40(34)15-20(35)14-34/h1,4,7-9,12-13,20-22,42H,3,5-6,10-11,14-18H2/t20-,21?,22?,34+/m1/s1. The molecule has 0 spiro atoms. The number of thioether (sulfide) groups is 1. The van der Waals surface area contributed by atoms with Gasteiger partial charge in [0.2, 0.25) is 0 Å². The molecular formula is C34H31F3N4O2S. The lowest BCUT2D eigenvalue weighted by atomic mass is 9.93. The SMILES string of the molecule is C#Cc1c(F)ccc2cc(O)cc(-c3ccc4c(N5C6CCC5CSC6)nc(OC[C@@]56CCCN5C[C@H](F)C6)nc4c3F)c12. The van der Waals surface area contributed by atoms with Gasteiger partial charge in [0.15, 0.2) is 5.82 Å². The topological polar surface area (TPSA) is 61.7 Å². The van der Waals surface area contributed by atoms with Crippen LogP contribution in [0.5, 0.6) is 11.8 Å². The Morgan fingerprint density at radius 1 is 1.09 bits per heavy atom. The Kier molecular flexibility index (Phi) is 6.61. The number of fused-ring (bicyclic) bond motifs is 5. The van der Waals surface area contributed by atoms with Gasteiger partial charge in [0.25, 0.3) is 0 Å². The van der Waals surface area contributed by atoms with E-state index in [9.17, 15) is 13.9 Å². The largest absolute Gasteiger partial charge is 0.508 e. The number of phenols is 1. The minimum Gasteiger partial charge on any atom is -0.508 e. The van der Waals surface area contributed by atoms with Crippen molar-refractivity contribution in [1.29, 1.82) is 0 Å². The molecule has 0 aliphatic carbocycles. The molecule has 4 atom stereocenters. The third kappa shape index (κ3) is 4.31. The Balaban J connectivity index is 1.29. The molecule has 1 aromatic heterocycles. The monoisotopic (exact) mass is 616 g/mol. The van der Waals surface area contributed by atoms with Crippen LogP contribution in [-0.4, -0.2) is 75.0 Å². The molecule has 4 fully saturated rings. The summed E-state index contributed by atoms with van der Waals surface area (Å²) in [7, 11) is 0. The number of rotatable bonds is 5. The summed E-state index contributed by atoms with van der Waals surface area (Å²) in [6.07, 6.45) is 9.07. The van der Waals surface area contributed by atoms with Crippen LogP contribution in [0.4, 0.5) is 19.0 Å². The second-order valence-electron chi connectivity index (χ2n) is 12.5. The van der Waals surface area contributed by atoms with Crippen LogP contribution >= 0.6 is 11.8 Å². The van der Waals surface area contributed by atoms with E-state index >= 15 is 4.39 Å². The maximum atomic E-state index is 16.8. The van der Waals surface area contributed by atoms with Crippen LogP contribution in [0, 0.1) is 24.0 Å². The molecule has 2 bridgehead atoms. The van der Waals surface area contributed by atoms with Crippen LogP contribution in [0.25, 0.3) is 32.8 Å². The number of phenolic OH excluding ortho intramolecular Hbond substituents is 1. The van der Waals surface area contributed by atoms with Gasteiger partial charge in [0, 0.05) is 52.9 Å². The van der Waals surface area contributed by atoms with Gasteiger partial charge in [-0.05, 0) is 67.4 Å². The van der Waals surface area contributed by atoms with Gasteiger partial charge in [0.05, 0.1) is 11.1 Å². The third-order valence-corrected chi connectivity index (χ3v) is 11.2. The first-order valence-electron chi connectivity index (χ1n) is 15.2. The summed E-state index contributed by atoms with van der Waals surface area (Å²) >= 11 is 1.93. The zero-order valence-electron chi connectivity index (χ0n) is 24.0. The number of aromatic nitrogens is 2. The fourth-order valence-corrected chi connectivity index (χ4v) is 9.33. The second kappa shape index (κ2) is 10.5. The van der Waals surface area contributed by atoms with Gasteiger partial charge in [-0.25, -0.2) is 13.2 Å². The highest BCUT2D eigenvalue weighted by atomic mass is 32.2. The molecule has 5 heterocycles. The van der Waals surface area contributed by atoms with Gasteiger partial charge < -0.3 is 14.7 Å². The summed E-state index contributed by atoms with van der Waals surface area (Å²) in [5.41, 5.74) is 0.0601. The molecule has 6 nitrogen and oxygen atoms in total. The fraction of sp³-hybridized carbons (Fsp3) is 0.412. The van der Waals surface area contributed by atoms with E-state index in [1.165, 1.54) is 24.3 Å². The summed E-state index contributed by atoms with van der Waals surface area (Å²) in [6, 6.07) is 9.65. The molecule has 44 heavy (non-hydrogen) atoms. The lowest BCUT2D eigenvalue weighted by molar-refractivity contribution is 0.107. The maximum absolute atomic E-state index is 16.8. The zero-order chi connectivity index (χ0) is 30.2. The summed E-state index contributed by atoms with van der Waals surface area (Å²) in [5.74, 6) is 3.62. The highest BCUT2D eigenvalue weighted by molar-refractivity contribution is 7.99. The predicted octanol–water partition coefficient (Wildman–Crippen LogP) is 6.45. The van der Waals surface area contributed by atoms with Gasteiger partial charge in [-0.2, -0.15) is 21.7 Å². The number of alkyl halides is 1. The lowest BCUT2D eigenvalue weighted by Gasteiger charge is -2.36. The second-order valence-corrected chi connectivity index (χ2v) is 13.6. The normalized spacial score (nSPS) is 26.4. The van der Waals surface area contributed by atoms with Crippen molar-refractivity contribution in [3.05, 3.63) is 53.6 Å². The molecule has 10 heteroatoms. The summed E-state index contributed by atoms with van der Waals surface area (Å²) in [6.45, 7) is 1.46. The van der Waals surface area contributed by atoms with E-state index in [1.807, 2.05) is 11.8 Å². The van der Waals surface area contributed by atoms with E-state index in [0.29, 0.717) is 34.9 Å². The molecule has 0 saturated carbocycles. The molecule has 226 valence electrons. The van der Waals surface area contributed by atoms with Crippen molar-refractivity contribution in [3.8, 4) is 35.2 Å². The average molecular weight is 617 g/mol. The Bertz CT molecular complexity index is 1850. The Labute approximate surface area is 257 Å². The molecular weight excluding hydrogens is 585 g/mol. The molecule has 0 amide bonds. The van der Waals surface area contributed by atoms with Gasteiger partial charge in [-0.15, -0.1) is 6.42 Å². The van der Waals surface area contributed by atoms with E-state index in [4.69, 9.17) is 16.1 Å². The number of terminal acetylenes is 1. The van der Waals surface area contributed by atoms with Crippen LogP contribution in [0.1, 0.15) is 37.7 Å². The molecule has 2 unspecified atom stereocenters.